The van der Waals surface area contributed by atoms with Gasteiger partial charge in [-0.1, -0.05) is 36.4 Å². The van der Waals surface area contributed by atoms with Crippen LogP contribution in [0.1, 0.15) is 18.1 Å². The molecule has 1 saturated heterocycles. The van der Waals surface area contributed by atoms with Crippen molar-refractivity contribution >= 4 is 24.0 Å². The molecule has 0 unspecified atom stereocenters. The Balaban J connectivity index is 1.80. The summed E-state index contributed by atoms with van der Waals surface area (Å²) in [7, 11) is 1.43. The molecule has 1 atom stereocenters. The largest absolute Gasteiger partial charge is 0.493 e. The fraction of sp³-hybridized carbons (Fsp3) is 0.190. The SMILES string of the molecule is COc1cc(/C=C2/NC(=O)N(Cc3ccccc3)C2=O)ccc1O[C@@H](C)C(=O)O. The Labute approximate surface area is 167 Å². The highest BCUT2D eigenvalue weighted by atomic mass is 16.5. The number of amides is 3. The van der Waals surface area contributed by atoms with Crippen molar-refractivity contribution in [2.24, 2.45) is 0 Å². The fourth-order valence-corrected chi connectivity index (χ4v) is 2.76. The van der Waals surface area contributed by atoms with E-state index in [1.165, 1.54) is 20.1 Å². The van der Waals surface area contributed by atoms with E-state index in [1.54, 1.807) is 18.2 Å². The summed E-state index contributed by atoms with van der Waals surface area (Å²) in [4.78, 5) is 36.9. The van der Waals surface area contributed by atoms with Crippen LogP contribution in [0.25, 0.3) is 6.08 Å². The van der Waals surface area contributed by atoms with Gasteiger partial charge in [-0.3, -0.25) is 9.69 Å². The minimum Gasteiger partial charge on any atom is -0.493 e. The van der Waals surface area contributed by atoms with Crippen LogP contribution in [0.3, 0.4) is 0 Å². The quantitative estimate of drug-likeness (QED) is 0.551. The highest BCUT2D eigenvalue weighted by Crippen LogP contribution is 2.30. The van der Waals surface area contributed by atoms with E-state index >= 15 is 0 Å². The number of carboxylic acids is 1. The monoisotopic (exact) mass is 396 g/mol. The standard InChI is InChI=1S/C21H20N2O6/c1-13(20(25)26)29-17-9-8-15(11-18(17)28-2)10-16-19(24)23(21(27)22-16)12-14-6-4-3-5-7-14/h3-11,13H,12H2,1-2H3,(H,22,27)(H,25,26)/b16-10+/t13-/m0/s1. The molecule has 0 aromatic heterocycles. The molecule has 0 bridgehead atoms. The number of nitrogens with one attached hydrogen (secondary N) is 1. The van der Waals surface area contributed by atoms with E-state index in [-0.39, 0.29) is 18.0 Å². The number of carbonyl (C=O) groups excluding carboxylic acids is 2. The van der Waals surface area contributed by atoms with E-state index in [0.717, 1.165) is 10.5 Å². The molecule has 1 fully saturated rings. The van der Waals surface area contributed by atoms with Crippen molar-refractivity contribution in [3.63, 3.8) is 0 Å². The summed E-state index contributed by atoms with van der Waals surface area (Å²) in [6.07, 6.45) is 0.480. The van der Waals surface area contributed by atoms with Gasteiger partial charge < -0.3 is 19.9 Å². The second-order valence-electron chi connectivity index (χ2n) is 6.37. The summed E-state index contributed by atoms with van der Waals surface area (Å²) in [5.41, 5.74) is 1.57. The second-order valence-corrected chi connectivity index (χ2v) is 6.37. The van der Waals surface area contributed by atoms with Crippen LogP contribution in [0.5, 0.6) is 11.5 Å². The van der Waals surface area contributed by atoms with Crippen molar-refractivity contribution in [1.29, 1.82) is 0 Å². The van der Waals surface area contributed by atoms with Crippen LogP contribution >= 0.6 is 0 Å². The molecule has 8 nitrogen and oxygen atoms in total. The van der Waals surface area contributed by atoms with Crippen LogP contribution in [0.4, 0.5) is 4.79 Å². The zero-order valence-electron chi connectivity index (χ0n) is 15.9. The third-order valence-electron chi connectivity index (χ3n) is 4.30. The smallest absolute Gasteiger partial charge is 0.344 e. The number of hydrogen-bond donors (Lipinski definition) is 2. The first-order valence-electron chi connectivity index (χ1n) is 8.85. The minimum atomic E-state index is -1.10. The van der Waals surface area contributed by atoms with Gasteiger partial charge in [-0.15, -0.1) is 0 Å². The van der Waals surface area contributed by atoms with E-state index in [4.69, 9.17) is 14.6 Å². The van der Waals surface area contributed by atoms with Crippen LogP contribution in [0.2, 0.25) is 0 Å². The number of urea groups is 1. The number of nitrogens with zero attached hydrogens (tertiary/aromatic N) is 1. The maximum Gasteiger partial charge on any atom is 0.344 e. The van der Waals surface area contributed by atoms with E-state index in [9.17, 15) is 14.4 Å². The highest BCUT2D eigenvalue weighted by molar-refractivity contribution is 6.13. The third-order valence-corrected chi connectivity index (χ3v) is 4.30. The first kappa shape index (κ1) is 19.9. The Morgan fingerprint density at radius 3 is 2.55 bits per heavy atom. The van der Waals surface area contributed by atoms with Crippen LogP contribution in [0, 0.1) is 0 Å². The van der Waals surface area contributed by atoms with Gasteiger partial charge in [-0.2, -0.15) is 0 Å². The lowest BCUT2D eigenvalue weighted by molar-refractivity contribution is -0.144. The number of methoxy groups -OCH3 is 1. The Kier molecular flexibility index (Phi) is 5.82. The zero-order chi connectivity index (χ0) is 21.0. The van der Waals surface area contributed by atoms with E-state index in [0.29, 0.717) is 11.3 Å². The van der Waals surface area contributed by atoms with Crippen molar-refractivity contribution in [2.75, 3.05) is 7.11 Å². The lowest BCUT2D eigenvalue weighted by Gasteiger charge is -2.14. The predicted octanol–water partition coefficient (Wildman–Crippen LogP) is 2.64. The molecule has 2 aromatic rings. The molecule has 3 amide bonds. The van der Waals surface area contributed by atoms with Gasteiger partial charge in [-0.05, 0) is 36.3 Å². The van der Waals surface area contributed by atoms with Crippen molar-refractivity contribution in [1.82, 2.24) is 10.2 Å². The molecule has 0 aliphatic carbocycles. The molecule has 1 aliphatic rings. The summed E-state index contributed by atoms with van der Waals surface area (Å²) >= 11 is 0. The summed E-state index contributed by atoms with van der Waals surface area (Å²) in [6, 6.07) is 13.5. The number of benzene rings is 2. The average Bonchev–Trinajstić information content (AvgIpc) is 2.97. The fourth-order valence-electron chi connectivity index (χ4n) is 2.76. The van der Waals surface area contributed by atoms with E-state index < -0.39 is 24.0 Å². The highest BCUT2D eigenvalue weighted by Gasteiger charge is 2.33. The number of carboxylic acid groups (broad SMARTS) is 1. The third kappa shape index (κ3) is 4.55. The number of carbonyl (C=O) groups is 3. The maximum absolute atomic E-state index is 12.6. The molecule has 8 heteroatoms. The van der Waals surface area contributed by atoms with Gasteiger partial charge in [0.1, 0.15) is 5.70 Å². The Hall–Kier alpha value is -3.81. The average molecular weight is 396 g/mol. The van der Waals surface area contributed by atoms with Crippen LogP contribution < -0.4 is 14.8 Å². The number of aliphatic carboxylic acids is 1. The molecule has 0 radical (unpaired) electrons. The number of ether oxygens (including phenoxy) is 2. The molecule has 0 spiro atoms. The molecule has 2 N–H and O–H groups in total. The topological polar surface area (TPSA) is 105 Å². The Morgan fingerprint density at radius 1 is 1.17 bits per heavy atom. The molecule has 150 valence electrons. The summed E-state index contributed by atoms with van der Waals surface area (Å²) < 4.78 is 10.6. The van der Waals surface area contributed by atoms with Gasteiger partial charge in [0, 0.05) is 0 Å². The Bertz CT molecular complexity index is 970. The van der Waals surface area contributed by atoms with Crippen molar-refractivity contribution in [3.05, 3.63) is 65.4 Å². The summed E-state index contributed by atoms with van der Waals surface area (Å²) in [5.74, 6) is -0.962. The molecule has 1 aliphatic heterocycles. The van der Waals surface area contributed by atoms with E-state index in [1.807, 2.05) is 30.3 Å². The van der Waals surface area contributed by atoms with Gasteiger partial charge in [0.2, 0.25) is 0 Å². The molecular formula is C21H20N2O6. The first-order chi connectivity index (χ1) is 13.9. The first-order valence-corrected chi connectivity index (χ1v) is 8.85. The molecule has 0 saturated carbocycles. The van der Waals surface area contributed by atoms with Gasteiger partial charge >= 0.3 is 12.0 Å². The van der Waals surface area contributed by atoms with Crippen LogP contribution in [0.15, 0.2) is 54.2 Å². The van der Waals surface area contributed by atoms with Crippen LogP contribution in [-0.4, -0.2) is 41.1 Å². The maximum atomic E-state index is 12.6. The zero-order valence-corrected chi connectivity index (χ0v) is 15.9. The number of imide groups is 1. The van der Waals surface area contributed by atoms with E-state index in [2.05, 4.69) is 5.32 Å². The predicted molar refractivity (Wildman–Crippen MR) is 104 cm³/mol. The van der Waals surface area contributed by atoms with Gasteiger partial charge in [0.25, 0.3) is 5.91 Å². The molecule has 29 heavy (non-hydrogen) atoms. The molecule has 1 heterocycles. The lowest BCUT2D eigenvalue weighted by Crippen LogP contribution is -2.30. The summed E-state index contributed by atoms with van der Waals surface area (Å²) in [6.45, 7) is 1.58. The van der Waals surface area contributed by atoms with Crippen molar-refractivity contribution < 1.29 is 29.0 Å². The van der Waals surface area contributed by atoms with Crippen molar-refractivity contribution in [3.8, 4) is 11.5 Å². The van der Waals surface area contributed by atoms with Gasteiger partial charge in [0.15, 0.2) is 17.6 Å². The minimum absolute atomic E-state index is 0.139. The van der Waals surface area contributed by atoms with Crippen LogP contribution in [-0.2, 0) is 16.1 Å². The second kappa shape index (κ2) is 8.47. The van der Waals surface area contributed by atoms with Gasteiger partial charge in [0.05, 0.1) is 13.7 Å². The van der Waals surface area contributed by atoms with Crippen molar-refractivity contribution in [2.45, 2.75) is 19.6 Å². The molecule has 3 rings (SSSR count). The number of rotatable bonds is 7. The lowest BCUT2D eigenvalue weighted by atomic mass is 10.1. The van der Waals surface area contributed by atoms with Gasteiger partial charge in [-0.25, -0.2) is 9.59 Å². The number of hydrogen-bond acceptors (Lipinski definition) is 5. The normalized spacial score (nSPS) is 15.9. The summed E-state index contributed by atoms with van der Waals surface area (Å²) in [5, 5.41) is 11.5. The Morgan fingerprint density at radius 2 is 1.90 bits per heavy atom. The molecule has 2 aromatic carbocycles. The molecular weight excluding hydrogens is 376 g/mol.